The van der Waals surface area contributed by atoms with Gasteiger partial charge in [-0.1, -0.05) is 34.1 Å². The predicted molar refractivity (Wildman–Crippen MR) is 106 cm³/mol. The number of halogens is 1. The van der Waals surface area contributed by atoms with Crippen LogP contribution in [-0.2, 0) is 11.3 Å². The highest BCUT2D eigenvalue weighted by Crippen LogP contribution is 2.23. The molecule has 2 aromatic heterocycles. The molecule has 2 aromatic carbocycles. The number of nitrogens with one attached hydrogen (secondary N) is 1. The summed E-state index contributed by atoms with van der Waals surface area (Å²) in [5.41, 5.74) is 1.11. The van der Waals surface area contributed by atoms with Gasteiger partial charge in [0.1, 0.15) is 17.9 Å². The van der Waals surface area contributed by atoms with Gasteiger partial charge in [0, 0.05) is 9.86 Å². The zero-order valence-corrected chi connectivity index (χ0v) is 16.1. The average molecular weight is 426 g/mol. The SMILES string of the molecule is CC(NC(=O)Cn1cnc2ccc(Br)cc2c1=O)c1cc2ccccc2o1. The highest BCUT2D eigenvalue weighted by molar-refractivity contribution is 9.10. The van der Waals surface area contributed by atoms with Gasteiger partial charge in [0.2, 0.25) is 5.91 Å². The predicted octanol–water partition coefficient (Wildman–Crippen LogP) is 3.78. The van der Waals surface area contributed by atoms with Gasteiger partial charge in [0.05, 0.1) is 23.3 Å². The van der Waals surface area contributed by atoms with E-state index in [0.717, 1.165) is 15.4 Å². The zero-order valence-electron chi connectivity index (χ0n) is 14.5. The Morgan fingerprint density at radius 2 is 2.07 bits per heavy atom. The highest BCUT2D eigenvalue weighted by Gasteiger charge is 2.15. The molecule has 0 saturated carbocycles. The van der Waals surface area contributed by atoms with Crippen LogP contribution in [0.25, 0.3) is 21.9 Å². The first-order valence-corrected chi connectivity index (χ1v) is 9.23. The van der Waals surface area contributed by atoms with Crippen molar-refractivity contribution in [3.8, 4) is 0 Å². The Hall–Kier alpha value is -2.93. The Morgan fingerprint density at radius 3 is 2.89 bits per heavy atom. The van der Waals surface area contributed by atoms with Crippen molar-refractivity contribution in [2.45, 2.75) is 19.5 Å². The van der Waals surface area contributed by atoms with Crippen LogP contribution >= 0.6 is 15.9 Å². The van der Waals surface area contributed by atoms with Crippen LogP contribution < -0.4 is 10.9 Å². The Bertz CT molecular complexity index is 1180. The maximum Gasteiger partial charge on any atom is 0.261 e. The number of hydrogen-bond donors (Lipinski definition) is 1. The van der Waals surface area contributed by atoms with Crippen molar-refractivity contribution in [1.29, 1.82) is 0 Å². The largest absolute Gasteiger partial charge is 0.459 e. The summed E-state index contributed by atoms with van der Waals surface area (Å²) in [7, 11) is 0. The van der Waals surface area contributed by atoms with Crippen LogP contribution in [0.1, 0.15) is 18.7 Å². The molecule has 4 aromatic rings. The van der Waals surface area contributed by atoms with Crippen LogP contribution in [0, 0.1) is 0 Å². The standard InChI is InChI=1S/C20H16BrN3O3/c1-12(18-8-13-4-2-3-5-17(13)27-18)23-19(25)10-24-11-22-16-7-6-14(21)9-15(16)20(24)26/h2-9,11-12H,10H2,1H3,(H,23,25). The molecule has 7 heteroatoms. The van der Waals surface area contributed by atoms with Gasteiger partial charge < -0.3 is 9.73 Å². The fourth-order valence-electron chi connectivity index (χ4n) is 2.97. The third-order valence-electron chi connectivity index (χ3n) is 4.35. The number of benzene rings is 2. The third kappa shape index (κ3) is 3.50. The number of para-hydroxylation sites is 1. The van der Waals surface area contributed by atoms with E-state index in [1.807, 2.05) is 43.3 Å². The number of carbonyl (C=O) groups is 1. The lowest BCUT2D eigenvalue weighted by Gasteiger charge is -2.12. The summed E-state index contributed by atoms with van der Waals surface area (Å²) in [6.07, 6.45) is 1.39. The second kappa shape index (κ2) is 7.00. The van der Waals surface area contributed by atoms with Gasteiger partial charge in [0.15, 0.2) is 0 Å². The number of amides is 1. The minimum absolute atomic E-state index is 0.112. The molecule has 0 bridgehead atoms. The van der Waals surface area contributed by atoms with Crippen molar-refractivity contribution in [1.82, 2.24) is 14.9 Å². The van der Waals surface area contributed by atoms with E-state index in [1.54, 1.807) is 12.1 Å². The maximum absolute atomic E-state index is 12.6. The minimum atomic E-state index is -0.317. The molecule has 0 aliphatic heterocycles. The molecule has 6 nitrogen and oxygen atoms in total. The molecule has 0 aliphatic rings. The maximum atomic E-state index is 12.6. The van der Waals surface area contributed by atoms with Crippen molar-refractivity contribution >= 4 is 43.7 Å². The van der Waals surface area contributed by atoms with Gasteiger partial charge in [-0.05, 0) is 37.3 Å². The fraction of sp³-hybridized carbons (Fsp3) is 0.150. The number of carbonyl (C=O) groups excluding carboxylic acids is 1. The average Bonchev–Trinajstić information content (AvgIpc) is 3.09. The molecule has 136 valence electrons. The van der Waals surface area contributed by atoms with Crippen LogP contribution in [0.3, 0.4) is 0 Å². The van der Waals surface area contributed by atoms with Gasteiger partial charge in [-0.15, -0.1) is 0 Å². The molecule has 2 heterocycles. The molecule has 0 saturated heterocycles. The van der Waals surface area contributed by atoms with Crippen LogP contribution in [-0.4, -0.2) is 15.5 Å². The molecule has 4 rings (SSSR count). The normalized spacial score (nSPS) is 12.4. The first kappa shape index (κ1) is 17.5. The molecule has 0 fully saturated rings. The van der Waals surface area contributed by atoms with Gasteiger partial charge in [-0.2, -0.15) is 0 Å². The van der Waals surface area contributed by atoms with Crippen molar-refractivity contribution in [2.75, 3.05) is 0 Å². The Kier molecular flexibility index (Phi) is 4.53. The molecular weight excluding hydrogens is 410 g/mol. The van der Waals surface area contributed by atoms with E-state index in [2.05, 4.69) is 26.2 Å². The zero-order chi connectivity index (χ0) is 19.0. The van der Waals surface area contributed by atoms with E-state index in [4.69, 9.17) is 4.42 Å². The van der Waals surface area contributed by atoms with Crippen molar-refractivity contribution in [3.05, 3.63) is 75.4 Å². The number of hydrogen-bond acceptors (Lipinski definition) is 4. The smallest absolute Gasteiger partial charge is 0.261 e. The van der Waals surface area contributed by atoms with Crippen molar-refractivity contribution in [3.63, 3.8) is 0 Å². The lowest BCUT2D eigenvalue weighted by molar-refractivity contribution is -0.122. The van der Waals surface area contributed by atoms with E-state index in [1.165, 1.54) is 10.9 Å². The molecule has 1 N–H and O–H groups in total. The van der Waals surface area contributed by atoms with E-state index in [0.29, 0.717) is 16.7 Å². The topological polar surface area (TPSA) is 77.1 Å². The quantitative estimate of drug-likeness (QED) is 0.539. The van der Waals surface area contributed by atoms with Gasteiger partial charge in [0.25, 0.3) is 5.56 Å². The Labute approximate surface area is 162 Å². The first-order chi connectivity index (χ1) is 13.0. The third-order valence-corrected chi connectivity index (χ3v) is 4.84. The number of aromatic nitrogens is 2. The number of nitrogens with zero attached hydrogens (tertiary/aromatic N) is 2. The van der Waals surface area contributed by atoms with Crippen LogP contribution in [0.15, 0.2) is 68.5 Å². The molecular formula is C20H16BrN3O3. The van der Waals surface area contributed by atoms with E-state index < -0.39 is 0 Å². The first-order valence-electron chi connectivity index (χ1n) is 8.44. The van der Waals surface area contributed by atoms with Crippen LogP contribution in [0.5, 0.6) is 0 Å². The Morgan fingerprint density at radius 1 is 1.26 bits per heavy atom. The monoisotopic (exact) mass is 425 g/mol. The van der Waals surface area contributed by atoms with Gasteiger partial charge >= 0.3 is 0 Å². The summed E-state index contributed by atoms with van der Waals surface area (Å²) in [6.45, 7) is 1.73. The lowest BCUT2D eigenvalue weighted by Crippen LogP contribution is -2.33. The molecule has 0 aliphatic carbocycles. The molecule has 1 unspecified atom stereocenters. The summed E-state index contributed by atoms with van der Waals surface area (Å²) in [6, 6.07) is 14.5. The molecule has 1 amide bonds. The summed E-state index contributed by atoms with van der Waals surface area (Å²) in [5.74, 6) is 0.374. The van der Waals surface area contributed by atoms with Gasteiger partial charge in [-0.3, -0.25) is 14.2 Å². The van der Waals surface area contributed by atoms with Crippen molar-refractivity contribution < 1.29 is 9.21 Å². The summed E-state index contributed by atoms with van der Waals surface area (Å²) < 4.78 is 7.86. The molecule has 0 radical (unpaired) electrons. The summed E-state index contributed by atoms with van der Waals surface area (Å²) >= 11 is 3.35. The van der Waals surface area contributed by atoms with Crippen LogP contribution in [0.2, 0.25) is 0 Å². The second-order valence-electron chi connectivity index (χ2n) is 6.31. The van der Waals surface area contributed by atoms with E-state index in [-0.39, 0.29) is 24.1 Å². The Balaban J connectivity index is 1.53. The molecule has 0 spiro atoms. The molecule has 1 atom stereocenters. The number of rotatable bonds is 4. The number of fused-ring (bicyclic) bond motifs is 2. The number of furan rings is 1. The van der Waals surface area contributed by atoms with Gasteiger partial charge in [-0.25, -0.2) is 4.98 Å². The second-order valence-corrected chi connectivity index (χ2v) is 7.23. The highest BCUT2D eigenvalue weighted by atomic mass is 79.9. The van der Waals surface area contributed by atoms with E-state index in [9.17, 15) is 9.59 Å². The summed E-state index contributed by atoms with van der Waals surface area (Å²) in [4.78, 5) is 29.3. The fourth-order valence-corrected chi connectivity index (χ4v) is 3.33. The lowest BCUT2D eigenvalue weighted by atomic mass is 10.2. The minimum Gasteiger partial charge on any atom is -0.459 e. The van der Waals surface area contributed by atoms with Crippen molar-refractivity contribution in [2.24, 2.45) is 0 Å². The molecule has 27 heavy (non-hydrogen) atoms. The van der Waals surface area contributed by atoms with Crippen LogP contribution in [0.4, 0.5) is 0 Å². The van der Waals surface area contributed by atoms with E-state index >= 15 is 0 Å². The summed E-state index contributed by atoms with van der Waals surface area (Å²) in [5, 5.41) is 4.31.